The van der Waals surface area contributed by atoms with Crippen LogP contribution in [0.5, 0.6) is 0 Å². The minimum atomic E-state index is -1.60. The van der Waals surface area contributed by atoms with Crippen molar-refractivity contribution in [1.82, 2.24) is 52.4 Å². The summed E-state index contributed by atoms with van der Waals surface area (Å²) in [5, 5.41) is 31.4. The highest BCUT2D eigenvalue weighted by Crippen LogP contribution is 2.22. The van der Waals surface area contributed by atoms with Crippen molar-refractivity contribution in [3.63, 3.8) is 0 Å². The van der Waals surface area contributed by atoms with Gasteiger partial charge >= 0.3 is 5.97 Å². The molecule has 2 fully saturated rings. The molecule has 14 N–H and O–H groups in total. The third-order valence-corrected chi connectivity index (χ3v) is 14.7. The van der Waals surface area contributed by atoms with Crippen molar-refractivity contribution < 1.29 is 62.6 Å². The predicted octanol–water partition coefficient (Wildman–Crippen LogP) is -0.737. The number of para-hydroxylation sites is 1. The van der Waals surface area contributed by atoms with Crippen molar-refractivity contribution in [3.05, 3.63) is 83.7 Å². The molecule has 4 heterocycles. The lowest BCUT2D eigenvalue weighted by Crippen LogP contribution is -2.60. The van der Waals surface area contributed by atoms with E-state index in [1.165, 1.54) is 11.8 Å². The highest BCUT2D eigenvalue weighted by atomic mass is 16.4. The van der Waals surface area contributed by atoms with Gasteiger partial charge in [-0.05, 0) is 69.1 Å². The molecule has 8 atom stereocenters. The first-order chi connectivity index (χ1) is 40.6. The van der Waals surface area contributed by atoms with Gasteiger partial charge in [0.15, 0.2) is 11.7 Å². The zero-order chi connectivity index (χ0) is 61.6. The lowest BCUT2D eigenvalue weighted by atomic mass is 10.0. The van der Waals surface area contributed by atoms with Gasteiger partial charge in [-0.15, -0.1) is 0 Å². The molecule has 6 rings (SSSR count). The van der Waals surface area contributed by atoms with Crippen LogP contribution in [0.4, 0.5) is 0 Å². The predicted molar refractivity (Wildman–Crippen MR) is 310 cm³/mol. The molecule has 0 unspecified atom stereocenters. The first-order valence-corrected chi connectivity index (χ1v) is 28.4. The minimum absolute atomic E-state index is 0.00428. The molecule has 1 aromatic heterocycles. The first-order valence-electron chi connectivity index (χ1n) is 28.4. The number of aliphatic carboxylic acids is 1. The van der Waals surface area contributed by atoms with Crippen LogP contribution in [0.1, 0.15) is 108 Å². The minimum Gasteiger partial charge on any atom is -0.481 e. The van der Waals surface area contributed by atoms with E-state index in [2.05, 4.69) is 57.5 Å². The number of likely N-dealkylation sites (tertiary alicyclic amines) is 1. The summed E-state index contributed by atoms with van der Waals surface area (Å²) in [5.41, 5.74) is 13.5. The van der Waals surface area contributed by atoms with E-state index in [0.717, 1.165) is 6.92 Å². The van der Waals surface area contributed by atoms with Gasteiger partial charge in [0.2, 0.25) is 53.2 Å². The number of allylic oxidation sites excluding steroid dienone is 1. The largest absolute Gasteiger partial charge is 0.481 e. The Kier molecular flexibility index (Phi) is 24.4. The second kappa shape index (κ2) is 31.9. The van der Waals surface area contributed by atoms with E-state index >= 15 is 0 Å². The fourth-order valence-corrected chi connectivity index (χ4v) is 10.3. The van der Waals surface area contributed by atoms with E-state index in [0.29, 0.717) is 47.0 Å². The van der Waals surface area contributed by atoms with Gasteiger partial charge in [0.05, 0.1) is 12.6 Å². The van der Waals surface area contributed by atoms with E-state index in [4.69, 9.17) is 11.5 Å². The van der Waals surface area contributed by atoms with E-state index < -0.39 is 139 Å². The number of carboxylic acids is 1. The van der Waals surface area contributed by atoms with E-state index in [9.17, 15) is 62.6 Å². The van der Waals surface area contributed by atoms with Crippen LogP contribution in [0.25, 0.3) is 10.9 Å². The maximum atomic E-state index is 14.8. The van der Waals surface area contributed by atoms with Crippen molar-refractivity contribution in [2.75, 3.05) is 19.6 Å². The van der Waals surface area contributed by atoms with Crippen LogP contribution in [0, 0.1) is 0 Å². The maximum Gasteiger partial charge on any atom is 0.303 e. The Morgan fingerprint density at radius 2 is 1.35 bits per heavy atom. The monoisotopic (exact) mass is 1180 g/mol. The molecule has 3 aromatic rings. The number of H-pyrrole nitrogens is 1. The molecule has 3 aliphatic rings. The van der Waals surface area contributed by atoms with Gasteiger partial charge in [0.1, 0.15) is 48.1 Å². The molecule has 0 spiro atoms. The zero-order valence-corrected chi connectivity index (χ0v) is 47.6. The normalized spacial score (nSPS) is 23.8. The smallest absolute Gasteiger partial charge is 0.303 e. The molecular weight excluding hydrogens is 1100 g/mol. The quantitative estimate of drug-likeness (QED) is 0.0478. The van der Waals surface area contributed by atoms with Crippen molar-refractivity contribution in [1.29, 1.82) is 0 Å². The molecule has 85 heavy (non-hydrogen) atoms. The maximum absolute atomic E-state index is 14.8. The number of carboxylic acid groups (broad SMARTS) is 1. The van der Waals surface area contributed by atoms with Gasteiger partial charge in [-0.2, -0.15) is 0 Å². The number of Topliss-reactive ketones (excluding diaryl/α,β-unsaturated/α-hetero) is 2. The number of carbonyl (C=O) groups is 12. The Morgan fingerprint density at radius 1 is 0.718 bits per heavy atom. The zero-order valence-electron chi connectivity index (χ0n) is 47.6. The number of nitrogens with zero attached hydrogens (tertiary/aromatic N) is 3. The van der Waals surface area contributed by atoms with Crippen LogP contribution in [0.3, 0.4) is 0 Å². The first kappa shape index (κ1) is 64.9. The van der Waals surface area contributed by atoms with Crippen LogP contribution in [0.15, 0.2) is 82.6 Å². The lowest BCUT2D eigenvalue weighted by molar-refractivity contribution is -0.141. The summed E-state index contributed by atoms with van der Waals surface area (Å²) in [4.78, 5) is 179. The summed E-state index contributed by atoms with van der Waals surface area (Å²) < 4.78 is 0. The average molecular weight is 1180 g/mol. The van der Waals surface area contributed by atoms with E-state index in [1.807, 2.05) is 6.07 Å². The van der Waals surface area contributed by atoms with Gasteiger partial charge in [0.25, 0.3) is 0 Å². The molecule has 456 valence electrons. The Labute approximate surface area is 490 Å². The fourth-order valence-electron chi connectivity index (χ4n) is 10.3. The molecule has 0 radical (unpaired) electrons. The van der Waals surface area contributed by atoms with E-state index in [1.54, 1.807) is 67.0 Å². The number of amides is 9. The number of nitrogens with two attached hydrogens (primary N) is 2. The van der Waals surface area contributed by atoms with E-state index in [-0.39, 0.29) is 82.6 Å². The molecule has 3 aliphatic heterocycles. The number of carbonyl (C=O) groups excluding carboxylic acids is 11. The highest BCUT2D eigenvalue weighted by Gasteiger charge is 2.38. The molecule has 0 bridgehead atoms. The Balaban J connectivity index is 1.39. The molecule has 2 aromatic carbocycles. The second-order valence-electron chi connectivity index (χ2n) is 21.3. The Morgan fingerprint density at radius 3 is 2.01 bits per heavy atom. The van der Waals surface area contributed by atoms with Crippen LogP contribution in [0.2, 0.25) is 0 Å². The van der Waals surface area contributed by atoms with Crippen LogP contribution >= 0.6 is 0 Å². The molecule has 0 aliphatic carbocycles. The Bertz CT molecular complexity index is 3050. The average Bonchev–Trinajstić information content (AvgIpc) is 3.24. The number of fused-ring (bicyclic) bond motifs is 1. The Hall–Kier alpha value is -9.30. The van der Waals surface area contributed by atoms with Gasteiger partial charge in [-0.3, -0.25) is 67.5 Å². The van der Waals surface area contributed by atoms with Crippen molar-refractivity contribution in [3.8, 4) is 0 Å². The number of guanidine groups is 1. The summed E-state index contributed by atoms with van der Waals surface area (Å²) in [5.74, 6) is -9.99. The van der Waals surface area contributed by atoms with Gasteiger partial charge in [-0.25, -0.2) is 0 Å². The number of rotatable bonds is 16. The summed E-state index contributed by atoms with van der Waals surface area (Å²) in [6.45, 7) is 1.92. The number of ketones is 2. The summed E-state index contributed by atoms with van der Waals surface area (Å²) >= 11 is 0. The number of aromatic nitrogens is 1. The SMILES string of the molecule is CC(=O)N[C@H]1CCCCC(=O)C[C@@H](C(=O)N2CCC[C@H]2C(C)=O)NC(=O)CNC(=O)[C@H](Cc2c[nH]c3ccccc23)NC(=O)[C@H](CCCN=C(N)N)NC(=O)[C@@H](Cc2ccccc2)NC(=O)[C@H](CC2=CCC=N2)NC(=O)[C@H](CCC(=O)O)NC1=O. The number of hydrogen-bond donors (Lipinski definition) is 12. The van der Waals surface area contributed by atoms with Crippen LogP contribution in [-0.4, -0.2) is 166 Å². The van der Waals surface area contributed by atoms with Gasteiger partial charge in [-0.1, -0.05) is 61.0 Å². The summed E-state index contributed by atoms with van der Waals surface area (Å²) in [6.07, 6.45) is 3.96. The topological polar surface area (TPSA) is 417 Å². The molecule has 9 amide bonds. The number of nitrogens with one attached hydrogen (secondary N) is 9. The number of benzene rings is 2. The third kappa shape index (κ3) is 20.2. The second-order valence-corrected chi connectivity index (χ2v) is 21.3. The van der Waals surface area contributed by atoms with Crippen molar-refractivity contribution in [2.45, 2.75) is 158 Å². The summed E-state index contributed by atoms with van der Waals surface area (Å²) in [7, 11) is 0. The molecule has 27 heteroatoms. The molecule has 2 saturated heterocycles. The standard InChI is InChI=1S/C58H76N14O13/c1-33(73)48-21-12-26-72(48)57(85)47-30-38(75)16-6-8-19-41(65-34(2)74)52(80)68-43(22-23-50(77)78)54(82)71-46(29-37-15-10-24-61-37)56(84)69-44(27-35-13-4-3-5-14-35)55(83)67-42(20-11-25-62-58(59)60)53(81)70-45(51(79)64-32-49(76)66-47)28-36-31-63-40-18-9-7-17-39(36)40/h3-5,7,9,13-15,17-18,24,31,41-48,63H,6,8,10-12,16,19-23,25-30,32H2,1-2H3,(H,64,79)(H,65,74)(H,66,76)(H,67,83)(H,68,80)(H,69,84)(H,70,81)(H,71,82)(H,77,78)(H4,59,60,62)/t41-,42-,43-,44+,45-,46-,47-,48-/m0/s1. The number of aromatic amines is 1. The number of aliphatic imine (C=N–C) groups is 2. The highest BCUT2D eigenvalue weighted by molar-refractivity contribution is 5.99. The fraction of sp³-hybridized carbons (Fsp3) is 0.483. The molecule has 27 nitrogen and oxygen atoms in total. The van der Waals surface area contributed by atoms with Crippen molar-refractivity contribution in [2.24, 2.45) is 21.5 Å². The van der Waals surface area contributed by atoms with Crippen LogP contribution in [-0.2, 0) is 70.4 Å². The molecule has 0 saturated carbocycles. The van der Waals surface area contributed by atoms with Crippen LogP contribution < -0.4 is 54.0 Å². The molecular formula is C58H76N14O13. The van der Waals surface area contributed by atoms with Gasteiger partial charge in [0, 0.05) is 94.0 Å². The number of hydrogen-bond acceptors (Lipinski definition) is 14. The third-order valence-electron chi connectivity index (χ3n) is 14.7. The lowest BCUT2D eigenvalue weighted by Gasteiger charge is -2.28. The van der Waals surface area contributed by atoms with Crippen molar-refractivity contribution >= 4 is 93.8 Å². The summed E-state index contributed by atoms with van der Waals surface area (Å²) in [6, 6.07) is 4.67. The van der Waals surface area contributed by atoms with Gasteiger partial charge < -0.3 is 69.0 Å².